The van der Waals surface area contributed by atoms with Gasteiger partial charge in [0.15, 0.2) is 0 Å². The van der Waals surface area contributed by atoms with Crippen molar-refractivity contribution in [1.29, 1.82) is 0 Å². The third kappa shape index (κ3) is 1.71. The van der Waals surface area contributed by atoms with Gasteiger partial charge in [-0.25, -0.2) is 0 Å². The van der Waals surface area contributed by atoms with Crippen molar-refractivity contribution in [2.24, 2.45) is 17.1 Å². The van der Waals surface area contributed by atoms with E-state index in [9.17, 15) is 9.59 Å². The number of amides is 1. The summed E-state index contributed by atoms with van der Waals surface area (Å²) in [4.78, 5) is 24.4. The summed E-state index contributed by atoms with van der Waals surface area (Å²) in [5.41, 5.74) is 5.23. The summed E-state index contributed by atoms with van der Waals surface area (Å²) in [5.74, 6) is -1.13. The first-order valence-corrected chi connectivity index (χ1v) is 5.31. The van der Waals surface area contributed by atoms with Gasteiger partial charge in [0, 0.05) is 19.6 Å². The maximum absolute atomic E-state index is 12.0. The molecule has 2 aliphatic rings. The van der Waals surface area contributed by atoms with Crippen molar-refractivity contribution >= 4 is 11.9 Å². The first-order valence-electron chi connectivity index (χ1n) is 5.31. The Hall–Kier alpha value is -1.10. The summed E-state index contributed by atoms with van der Waals surface area (Å²) in [5, 5.41) is 8.83. The molecule has 1 heterocycles. The number of hydrogen-bond donors (Lipinski definition) is 2. The van der Waals surface area contributed by atoms with Crippen molar-refractivity contribution < 1.29 is 14.7 Å². The average molecular weight is 212 g/mol. The van der Waals surface area contributed by atoms with E-state index in [2.05, 4.69) is 0 Å². The molecule has 1 saturated carbocycles. The molecule has 1 saturated heterocycles. The van der Waals surface area contributed by atoms with E-state index in [1.165, 1.54) is 0 Å². The SMILES string of the molecule is NCC1(C(=O)N2CCC(C(=O)O)C2)CC1. The summed E-state index contributed by atoms with van der Waals surface area (Å²) in [6, 6.07) is 0. The molecule has 1 atom stereocenters. The van der Waals surface area contributed by atoms with Crippen LogP contribution in [-0.2, 0) is 9.59 Å². The van der Waals surface area contributed by atoms with Gasteiger partial charge in [-0.3, -0.25) is 9.59 Å². The van der Waals surface area contributed by atoms with Gasteiger partial charge < -0.3 is 15.7 Å². The number of carboxylic acid groups (broad SMARTS) is 1. The molecule has 15 heavy (non-hydrogen) atoms. The molecule has 5 heteroatoms. The first-order chi connectivity index (χ1) is 7.09. The molecule has 2 fully saturated rings. The third-order valence-corrected chi connectivity index (χ3v) is 3.52. The number of nitrogens with zero attached hydrogens (tertiary/aromatic N) is 1. The van der Waals surface area contributed by atoms with Gasteiger partial charge in [-0.15, -0.1) is 0 Å². The van der Waals surface area contributed by atoms with Crippen LogP contribution >= 0.6 is 0 Å². The van der Waals surface area contributed by atoms with Crippen LogP contribution in [0, 0.1) is 11.3 Å². The van der Waals surface area contributed by atoms with Crippen LogP contribution in [0.1, 0.15) is 19.3 Å². The summed E-state index contributed by atoms with van der Waals surface area (Å²) < 4.78 is 0. The van der Waals surface area contributed by atoms with E-state index in [4.69, 9.17) is 10.8 Å². The molecule has 1 unspecified atom stereocenters. The summed E-state index contributed by atoms with van der Waals surface area (Å²) >= 11 is 0. The van der Waals surface area contributed by atoms with Gasteiger partial charge in [0.2, 0.25) is 5.91 Å². The van der Waals surface area contributed by atoms with Gasteiger partial charge in [0.05, 0.1) is 11.3 Å². The molecule has 1 amide bonds. The fourth-order valence-electron chi connectivity index (χ4n) is 2.14. The topological polar surface area (TPSA) is 83.6 Å². The molecule has 0 aromatic heterocycles. The van der Waals surface area contributed by atoms with Gasteiger partial charge in [-0.2, -0.15) is 0 Å². The second-order valence-corrected chi connectivity index (χ2v) is 4.56. The fourth-order valence-corrected chi connectivity index (χ4v) is 2.14. The minimum absolute atomic E-state index is 0.0637. The van der Waals surface area contributed by atoms with Crippen molar-refractivity contribution in [3.63, 3.8) is 0 Å². The van der Waals surface area contributed by atoms with Crippen LogP contribution in [-0.4, -0.2) is 41.5 Å². The number of aliphatic carboxylic acids is 1. The van der Waals surface area contributed by atoms with Crippen molar-refractivity contribution in [3.8, 4) is 0 Å². The maximum Gasteiger partial charge on any atom is 0.308 e. The smallest absolute Gasteiger partial charge is 0.308 e. The molecule has 0 spiro atoms. The van der Waals surface area contributed by atoms with Crippen LogP contribution in [0.5, 0.6) is 0 Å². The third-order valence-electron chi connectivity index (χ3n) is 3.52. The van der Waals surface area contributed by atoms with Crippen LogP contribution in [0.3, 0.4) is 0 Å². The number of likely N-dealkylation sites (tertiary alicyclic amines) is 1. The number of carbonyl (C=O) groups excluding carboxylic acids is 1. The Morgan fingerprint density at radius 2 is 2.13 bits per heavy atom. The molecule has 0 radical (unpaired) electrons. The number of rotatable bonds is 3. The zero-order chi connectivity index (χ0) is 11.1. The van der Waals surface area contributed by atoms with Crippen LogP contribution in [0.4, 0.5) is 0 Å². The first kappa shape index (κ1) is 10.4. The van der Waals surface area contributed by atoms with Gasteiger partial charge >= 0.3 is 5.97 Å². The zero-order valence-electron chi connectivity index (χ0n) is 8.61. The van der Waals surface area contributed by atoms with Crippen molar-refractivity contribution in [2.45, 2.75) is 19.3 Å². The predicted molar refractivity (Wildman–Crippen MR) is 53.0 cm³/mol. The minimum Gasteiger partial charge on any atom is -0.481 e. The Labute approximate surface area is 88.2 Å². The Kier molecular flexibility index (Phi) is 2.42. The standard InChI is InChI=1S/C10H16N2O3/c11-6-10(2-3-10)9(15)12-4-1-7(5-12)8(13)14/h7H,1-6,11H2,(H,13,14). The molecule has 0 aromatic carbocycles. The van der Waals surface area contributed by atoms with Gasteiger partial charge in [0.1, 0.15) is 0 Å². The molecule has 0 aromatic rings. The quantitative estimate of drug-likeness (QED) is 0.670. The molecule has 84 valence electrons. The van der Waals surface area contributed by atoms with Crippen molar-refractivity contribution in [1.82, 2.24) is 4.90 Å². The van der Waals surface area contributed by atoms with Crippen LogP contribution in [0.2, 0.25) is 0 Å². The van der Waals surface area contributed by atoms with E-state index in [-0.39, 0.29) is 17.2 Å². The van der Waals surface area contributed by atoms with Gasteiger partial charge in [0.25, 0.3) is 0 Å². The zero-order valence-corrected chi connectivity index (χ0v) is 8.61. The monoisotopic (exact) mass is 212 g/mol. The highest BCUT2D eigenvalue weighted by molar-refractivity contribution is 5.86. The highest BCUT2D eigenvalue weighted by Crippen LogP contribution is 2.46. The normalized spacial score (nSPS) is 27.8. The lowest BCUT2D eigenvalue weighted by atomic mass is 10.1. The maximum atomic E-state index is 12.0. The number of carbonyl (C=O) groups is 2. The molecular weight excluding hydrogens is 196 g/mol. The fraction of sp³-hybridized carbons (Fsp3) is 0.800. The van der Waals surface area contributed by atoms with Crippen LogP contribution in [0.15, 0.2) is 0 Å². The van der Waals surface area contributed by atoms with E-state index in [1.807, 2.05) is 0 Å². The molecule has 0 bridgehead atoms. The molecule has 1 aliphatic heterocycles. The van der Waals surface area contributed by atoms with Gasteiger partial charge in [-0.05, 0) is 19.3 Å². The minimum atomic E-state index is -0.803. The van der Waals surface area contributed by atoms with Crippen LogP contribution < -0.4 is 5.73 Å². The average Bonchev–Trinajstić information content (AvgIpc) is 2.86. The molecule has 3 N–H and O–H groups in total. The second-order valence-electron chi connectivity index (χ2n) is 4.56. The lowest BCUT2D eigenvalue weighted by Crippen LogP contribution is -2.39. The number of nitrogens with two attached hydrogens (primary N) is 1. The summed E-state index contributed by atoms with van der Waals surface area (Å²) in [6.45, 7) is 1.31. The van der Waals surface area contributed by atoms with Crippen LogP contribution in [0.25, 0.3) is 0 Å². The summed E-state index contributed by atoms with van der Waals surface area (Å²) in [6.07, 6.45) is 2.29. The molecular formula is C10H16N2O3. The predicted octanol–water partition coefficient (Wildman–Crippen LogP) is -0.342. The van der Waals surface area contributed by atoms with E-state index >= 15 is 0 Å². The summed E-state index contributed by atoms with van der Waals surface area (Å²) in [7, 11) is 0. The van der Waals surface area contributed by atoms with Crippen molar-refractivity contribution in [3.05, 3.63) is 0 Å². The Morgan fingerprint density at radius 1 is 1.47 bits per heavy atom. The molecule has 5 nitrogen and oxygen atoms in total. The number of carboxylic acids is 1. The van der Waals surface area contributed by atoms with E-state index in [1.54, 1.807) is 4.90 Å². The highest BCUT2D eigenvalue weighted by Gasteiger charge is 2.51. The lowest BCUT2D eigenvalue weighted by molar-refractivity contribution is -0.141. The Morgan fingerprint density at radius 3 is 2.53 bits per heavy atom. The van der Waals surface area contributed by atoms with E-state index in [0.717, 1.165) is 12.8 Å². The number of hydrogen-bond acceptors (Lipinski definition) is 3. The second kappa shape index (κ2) is 3.48. The lowest BCUT2D eigenvalue weighted by Gasteiger charge is -2.21. The van der Waals surface area contributed by atoms with E-state index in [0.29, 0.717) is 26.1 Å². The Bertz CT molecular complexity index is 299. The molecule has 2 rings (SSSR count). The Balaban J connectivity index is 1.96. The molecule has 1 aliphatic carbocycles. The highest BCUT2D eigenvalue weighted by atomic mass is 16.4. The van der Waals surface area contributed by atoms with Gasteiger partial charge in [-0.1, -0.05) is 0 Å². The van der Waals surface area contributed by atoms with E-state index < -0.39 is 5.97 Å². The largest absolute Gasteiger partial charge is 0.481 e. The van der Waals surface area contributed by atoms with Crippen molar-refractivity contribution in [2.75, 3.05) is 19.6 Å².